The maximum Gasteiger partial charge on any atom is 0.303 e. The molecule has 0 spiro atoms. The standard InChI is InChI=1S/C20H24FN3O4/c1-13-11-15(5-6-16(13)21)20-22-17(28-23-20)7-8-18(25)24-10-2-3-14(12-24)4-9-19(26)27/h5-6,11,14H,2-4,7-10,12H2,1H3,(H,26,27). The Kier molecular flexibility index (Phi) is 6.38. The van der Waals surface area contributed by atoms with Crippen molar-refractivity contribution in [3.05, 3.63) is 35.5 Å². The molecule has 1 atom stereocenters. The highest BCUT2D eigenvalue weighted by molar-refractivity contribution is 5.76. The highest BCUT2D eigenvalue weighted by Crippen LogP contribution is 2.22. The lowest BCUT2D eigenvalue weighted by Crippen LogP contribution is -2.40. The summed E-state index contributed by atoms with van der Waals surface area (Å²) < 4.78 is 18.6. The van der Waals surface area contributed by atoms with Crippen LogP contribution in [0.2, 0.25) is 0 Å². The number of carboxylic acid groups (broad SMARTS) is 1. The summed E-state index contributed by atoms with van der Waals surface area (Å²) in [6.45, 7) is 2.98. The monoisotopic (exact) mass is 389 g/mol. The van der Waals surface area contributed by atoms with E-state index in [-0.39, 0.29) is 30.5 Å². The summed E-state index contributed by atoms with van der Waals surface area (Å²) in [6.07, 6.45) is 3.19. The lowest BCUT2D eigenvalue weighted by Gasteiger charge is -2.32. The third-order valence-corrected chi connectivity index (χ3v) is 5.08. The van der Waals surface area contributed by atoms with Crippen LogP contribution in [0.5, 0.6) is 0 Å². The SMILES string of the molecule is Cc1cc(-c2noc(CCC(=O)N3CCCC(CCC(=O)O)C3)n2)ccc1F. The largest absolute Gasteiger partial charge is 0.481 e. The lowest BCUT2D eigenvalue weighted by atomic mass is 9.93. The summed E-state index contributed by atoms with van der Waals surface area (Å²) in [6, 6.07) is 4.61. The maximum atomic E-state index is 13.4. The van der Waals surface area contributed by atoms with Gasteiger partial charge in [0, 0.05) is 37.9 Å². The van der Waals surface area contributed by atoms with Crippen molar-refractivity contribution in [1.29, 1.82) is 0 Å². The number of rotatable bonds is 7. The van der Waals surface area contributed by atoms with Crippen LogP contribution < -0.4 is 0 Å². The number of aromatic nitrogens is 2. The number of carbonyl (C=O) groups is 2. The Balaban J connectivity index is 1.52. The van der Waals surface area contributed by atoms with E-state index in [2.05, 4.69) is 10.1 Å². The van der Waals surface area contributed by atoms with Gasteiger partial charge in [0.2, 0.25) is 17.6 Å². The summed E-state index contributed by atoms with van der Waals surface area (Å²) in [5, 5.41) is 12.7. The Morgan fingerprint density at radius 2 is 2.18 bits per heavy atom. The van der Waals surface area contributed by atoms with Crippen LogP contribution in [0.1, 0.15) is 43.6 Å². The lowest BCUT2D eigenvalue weighted by molar-refractivity contribution is -0.137. The number of aryl methyl sites for hydroxylation is 2. The molecule has 1 unspecified atom stereocenters. The van der Waals surface area contributed by atoms with Crippen LogP contribution in [0, 0.1) is 18.7 Å². The summed E-state index contributed by atoms with van der Waals surface area (Å²) >= 11 is 0. The molecule has 1 aliphatic rings. The van der Waals surface area contributed by atoms with E-state index in [1.165, 1.54) is 6.07 Å². The fourth-order valence-electron chi connectivity index (χ4n) is 3.48. The summed E-state index contributed by atoms with van der Waals surface area (Å²) in [7, 11) is 0. The molecule has 1 fully saturated rings. The molecular weight excluding hydrogens is 365 g/mol. The van der Waals surface area contributed by atoms with Gasteiger partial charge in [-0.2, -0.15) is 4.98 Å². The van der Waals surface area contributed by atoms with E-state index in [9.17, 15) is 14.0 Å². The summed E-state index contributed by atoms with van der Waals surface area (Å²) in [4.78, 5) is 29.3. The molecule has 1 N–H and O–H groups in total. The molecule has 150 valence electrons. The zero-order chi connectivity index (χ0) is 20.1. The number of amides is 1. The minimum atomic E-state index is -0.799. The second-order valence-electron chi connectivity index (χ2n) is 7.26. The number of aliphatic carboxylic acids is 1. The van der Waals surface area contributed by atoms with E-state index < -0.39 is 5.97 Å². The quantitative estimate of drug-likeness (QED) is 0.781. The molecule has 8 heteroatoms. The van der Waals surface area contributed by atoms with Crippen molar-refractivity contribution >= 4 is 11.9 Å². The average Bonchev–Trinajstić information content (AvgIpc) is 3.16. The number of carboxylic acids is 1. The summed E-state index contributed by atoms with van der Waals surface area (Å²) in [5.41, 5.74) is 1.17. The van der Waals surface area contributed by atoms with Crippen molar-refractivity contribution in [2.45, 2.75) is 45.4 Å². The molecule has 0 radical (unpaired) electrons. The smallest absolute Gasteiger partial charge is 0.303 e. The second-order valence-corrected chi connectivity index (χ2v) is 7.26. The van der Waals surface area contributed by atoms with Gasteiger partial charge < -0.3 is 14.5 Å². The molecule has 2 heterocycles. The van der Waals surface area contributed by atoms with Gasteiger partial charge in [0.15, 0.2) is 0 Å². The molecule has 7 nitrogen and oxygen atoms in total. The van der Waals surface area contributed by atoms with Crippen LogP contribution >= 0.6 is 0 Å². The van der Waals surface area contributed by atoms with E-state index in [0.717, 1.165) is 12.8 Å². The van der Waals surface area contributed by atoms with Crippen LogP contribution in [0.15, 0.2) is 22.7 Å². The van der Waals surface area contributed by atoms with Crippen LogP contribution in [0.25, 0.3) is 11.4 Å². The molecule has 2 aromatic rings. The molecule has 1 aliphatic heterocycles. The van der Waals surface area contributed by atoms with Crippen molar-refractivity contribution < 1.29 is 23.6 Å². The van der Waals surface area contributed by atoms with Crippen LogP contribution in [-0.2, 0) is 16.0 Å². The van der Waals surface area contributed by atoms with Crippen LogP contribution in [0.4, 0.5) is 4.39 Å². The molecule has 0 bridgehead atoms. The Morgan fingerprint density at radius 3 is 2.93 bits per heavy atom. The molecule has 3 rings (SSSR count). The van der Waals surface area contributed by atoms with Crippen molar-refractivity contribution in [1.82, 2.24) is 15.0 Å². The minimum Gasteiger partial charge on any atom is -0.481 e. The van der Waals surface area contributed by atoms with Gasteiger partial charge in [-0.1, -0.05) is 5.16 Å². The van der Waals surface area contributed by atoms with Crippen LogP contribution in [-0.4, -0.2) is 45.1 Å². The van der Waals surface area contributed by atoms with Gasteiger partial charge in [-0.15, -0.1) is 0 Å². The van der Waals surface area contributed by atoms with E-state index in [0.29, 0.717) is 48.8 Å². The highest BCUT2D eigenvalue weighted by Gasteiger charge is 2.24. The zero-order valence-electron chi connectivity index (χ0n) is 15.9. The molecule has 1 amide bonds. The number of likely N-dealkylation sites (tertiary alicyclic amines) is 1. The number of nitrogens with zero attached hydrogens (tertiary/aromatic N) is 3. The van der Waals surface area contributed by atoms with Gasteiger partial charge in [-0.3, -0.25) is 9.59 Å². The first-order valence-electron chi connectivity index (χ1n) is 9.51. The van der Waals surface area contributed by atoms with E-state index >= 15 is 0 Å². The molecule has 1 aromatic carbocycles. The molecular formula is C20H24FN3O4. The van der Waals surface area contributed by atoms with Gasteiger partial charge >= 0.3 is 5.97 Å². The van der Waals surface area contributed by atoms with E-state index in [1.807, 2.05) is 0 Å². The van der Waals surface area contributed by atoms with Crippen molar-refractivity contribution in [3.8, 4) is 11.4 Å². The Labute approximate surface area is 162 Å². The fraction of sp³-hybridized carbons (Fsp3) is 0.500. The van der Waals surface area contributed by atoms with Gasteiger partial charge in [-0.05, 0) is 55.9 Å². The number of hydrogen-bond donors (Lipinski definition) is 1. The van der Waals surface area contributed by atoms with E-state index in [1.54, 1.807) is 24.0 Å². The maximum absolute atomic E-state index is 13.4. The number of halogens is 1. The number of piperidine rings is 1. The third-order valence-electron chi connectivity index (χ3n) is 5.08. The second kappa shape index (κ2) is 8.95. The van der Waals surface area contributed by atoms with Crippen molar-refractivity contribution in [3.63, 3.8) is 0 Å². The Hall–Kier alpha value is -2.77. The van der Waals surface area contributed by atoms with Gasteiger partial charge in [-0.25, -0.2) is 4.39 Å². The topological polar surface area (TPSA) is 96.5 Å². The Morgan fingerprint density at radius 1 is 1.36 bits per heavy atom. The predicted octanol–water partition coefficient (Wildman–Crippen LogP) is 3.22. The van der Waals surface area contributed by atoms with Crippen molar-refractivity contribution in [2.24, 2.45) is 5.92 Å². The number of carbonyl (C=O) groups excluding carboxylic acids is 1. The first-order valence-corrected chi connectivity index (χ1v) is 9.51. The fourth-order valence-corrected chi connectivity index (χ4v) is 3.48. The van der Waals surface area contributed by atoms with Gasteiger partial charge in [0.1, 0.15) is 5.82 Å². The van der Waals surface area contributed by atoms with Crippen molar-refractivity contribution in [2.75, 3.05) is 13.1 Å². The first-order chi connectivity index (χ1) is 13.4. The molecule has 0 saturated carbocycles. The molecule has 0 aliphatic carbocycles. The normalized spacial score (nSPS) is 16.9. The zero-order valence-corrected chi connectivity index (χ0v) is 15.9. The van der Waals surface area contributed by atoms with Gasteiger partial charge in [0.05, 0.1) is 0 Å². The van der Waals surface area contributed by atoms with E-state index in [4.69, 9.17) is 9.63 Å². The van der Waals surface area contributed by atoms with Gasteiger partial charge in [0.25, 0.3) is 0 Å². The number of benzene rings is 1. The number of hydrogen-bond acceptors (Lipinski definition) is 5. The summed E-state index contributed by atoms with van der Waals surface area (Å²) in [5.74, 6) is -0.0989. The predicted molar refractivity (Wildman–Crippen MR) is 98.9 cm³/mol. The third kappa shape index (κ3) is 5.15. The average molecular weight is 389 g/mol. The molecule has 1 aromatic heterocycles. The first kappa shape index (κ1) is 20.0. The Bertz CT molecular complexity index is 852. The highest BCUT2D eigenvalue weighted by atomic mass is 19.1. The molecule has 28 heavy (non-hydrogen) atoms. The molecule has 1 saturated heterocycles. The minimum absolute atomic E-state index is 0.0115. The van der Waals surface area contributed by atoms with Crippen LogP contribution in [0.3, 0.4) is 0 Å².